The molecule has 1 fully saturated rings. The zero-order valence-corrected chi connectivity index (χ0v) is 18.1. The minimum Gasteiger partial charge on any atom is -0.366 e. The van der Waals surface area contributed by atoms with Gasteiger partial charge in [-0.3, -0.25) is 4.68 Å². The summed E-state index contributed by atoms with van der Waals surface area (Å²) >= 11 is 0. The maximum atomic E-state index is 14.7. The molecule has 5 aromatic rings. The predicted molar refractivity (Wildman–Crippen MR) is 124 cm³/mol. The van der Waals surface area contributed by atoms with Gasteiger partial charge in [0, 0.05) is 23.5 Å². The molecule has 0 spiro atoms. The van der Waals surface area contributed by atoms with E-state index < -0.39 is 5.82 Å². The Balaban J connectivity index is 1.37. The molecular formula is C25H21F2N7. The van der Waals surface area contributed by atoms with E-state index in [0.717, 1.165) is 24.0 Å². The maximum absolute atomic E-state index is 14.7. The third-order valence-electron chi connectivity index (χ3n) is 6.46. The molecule has 1 aromatic carbocycles. The van der Waals surface area contributed by atoms with E-state index in [1.165, 1.54) is 29.1 Å². The van der Waals surface area contributed by atoms with Gasteiger partial charge in [0.05, 0.1) is 17.9 Å². The van der Waals surface area contributed by atoms with Crippen LogP contribution in [0.4, 0.5) is 14.7 Å². The molecule has 1 aliphatic rings. The van der Waals surface area contributed by atoms with Gasteiger partial charge in [-0.2, -0.15) is 10.1 Å². The fourth-order valence-corrected chi connectivity index (χ4v) is 4.53. The number of hydrogen-bond acceptors (Lipinski definition) is 5. The van der Waals surface area contributed by atoms with Gasteiger partial charge in [-0.15, -0.1) is 5.10 Å². The maximum Gasteiger partial charge on any atom is 0.240 e. The topological polar surface area (TPSA) is 86.9 Å². The Morgan fingerprint density at radius 3 is 2.56 bits per heavy atom. The first-order valence-corrected chi connectivity index (χ1v) is 11.1. The van der Waals surface area contributed by atoms with E-state index in [2.05, 4.69) is 20.2 Å². The average Bonchev–Trinajstić information content (AvgIpc) is 3.42. The van der Waals surface area contributed by atoms with Crippen LogP contribution in [0, 0.1) is 17.6 Å². The van der Waals surface area contributed by atoms with Crippen molar-refractivity contribution in [1.82, 2.24) is 29.4 Å². The van der Waals surface area contributed by atoms with Crippen molar-refractivity contribution in [2.24, 2.45) is 5.92 Å². The fourth-order valence-electron chi connectivity index (χ4n) is 4.53. The van der Waals surface area contributed by atoms with Gasteiger partial charge in [0.1, 0.15) is 17.3 Å². The van der Waals surface area contributed by atoms with Gasteiger partial charge in [0.15, 0.2) is 5.65 Å². The van der Waals surface area contributed by atoms with Crippen LogP contribution in [0.5, 0.6) is 0 Å². The lowest BCUT2D eigenvalue weighted by Crippen LogP contribution is -2.26. The van der Waals surface area contributed by atoms with Gasteiger partial charge in [-0.25, -0.2) is 18.3 Å². The number of rotatable bonds is 5. The van der Waals surface area contributed by atoms with Crippen molar-refractivity contribution in [1.29, 1.82) is 0 Å². The number of halogens is 2. The van der Waals surface area contributed by atoms with Crippen LogP contribution >= 0.6 is 0 Å². The number of nitrogen functional groups attached to an aromatic ring is 1. The van der Waals surface area contributed by atoms with Crippen molar-refractivity contribution in [2.45, 2.75) is 25.3 Å². The molecule has 0 amide bonds. The summed E-state index contributed by atoms with van der Waals surface area (Å²) in [5.74, 6) is -0.106. The molecule has 2 N–H and O–H groups in total. The Hall–Kier alpha value is -4.14. The zero-order valence-electron chi connectivity index (χ0n) is 18.1. The van der Waals surface area contributed by atoms with E-state index in [0.29, 0.717) is 22.8 Å². The molecule has 9 heteroatoms. The molecule has 170 valence electrons. The van der Waals surface area contributed by atoms with Crippen LogP contribution in [-0.2, 0) is 0 Å². The predicted octanol–water partition coefficient (Wildman–Crippen LogP) is 4.90. The minimum absolute atomic E-state index is 0.0174. The highest BCUT2D eigenvalue weighted by molar-refractivity contribution is 5.68. The van der Waals surface area contributed by atoms with Crippen LogP contribution in [0.15, 0.2) is 67.1 Å². The summed E-state index contributed by atoms with van der Waals surface area (Å²) < 4.78 is 31.7. The van der Waals surface area contributed by atoms with Crippen molar-refractivity contribution < 1.29 is 8.78 Å². The molecule has 7 nitrogen and oxygen atoms in total. The summed E-state index contributed by atoms with van der Waals surface area (Å²) in [4.78, 5) is 8.73. The Kier molecular flexibility index (Phi) is 4.83. The van der Waals surface area contributed by atoms with E-state index in [4.69, 9.17) is 5.73 Å². The highest BCUT2D eigenvalue weighted by Crippen LogP contribution is 2.40. The van der Waals surface area contributed by atoms with Crippen molar-refractivity contribution in [2.75, 3.05) is 5.73 Å². The van der Waals surface area contributed by atoms with E-state index in [1.54, 1.807) is 30.6 Å². The third kappa shape index (κ3) is 3.59. The lowest BCUT2D eigenvalue weighted by molar-refractivity contribution is 0.225. The molecule has 4 heterocycles. The highest BCUT2D eigenvalue weighted by atomic mass is 19.1. The Labute approximate surface area is 193 Å². The van der Waals surface area contributed by atoms with E-state index in [-0.39, 0.29) is 23.5 Å². The molecule has 1 unspecified atom stereocenters. The molecule has 0 bridgehead atoms. The zero-order chi connectivity index (χ0) is 23.2. The van der Waals surface area contributed by atoms with Crippen LogP contribution < -0.4 is 5.73 Å². The second kappa shape index (κ2) is 8.02. The normalized spacial score (nSPS) is 14.9. The van der Waals surface area contributed by atoms with Gasteiger partial charge < -0.3 is 5.73 Å². The number of nitrogens with two attached hydrogens (primary N) is 1. The standard InChI is InChI=1S/C25H21F2N7/c26-19-6-4-16(5-7-19)24(15-2-1-3-15)34-14-18(13-29-34)21-9-8-20(27)23(30-21)17-10-11-33-22(12-17)31-25(28)32-33/h4-15,24H,1-3H2,(H2,28,32). The number of hydrogen-bond donors (Lipinski definition) is 1. The second-order valence-corrected chi connectivity index (χ2v) is 8.61. The fraction of sp³-hybridized carbons (Fsp3) is 0.200. The minimum atomic E-state index is -0.438. The first-order chi connectivity index (χ1) is 16.5. The first kappa shape index (κ1) is 20.5. The molecule has 1 aliphatic carbocycles. The summed E-state index contributed by atoms with van der Waals surface area (Å²) in [6.07, 6.45) is 8.73. The lowest BCUT2D eigenvalue weighted by Gasteiger charge is -2.34. The number of fused-ring (bicyclic) bond motifs is 1. The molecular weight excluding hydrogens is 436 g/mol. The van der Waals surface area contributed by atoms with E-state index in [9.17, 15) is 8.78 Å². The molecule has 6 rings (SSSR count). The molecule has 0 radical (unpaired) electrons. The molecule has 0 saturated heterocycles. The molecule has 4 aromatic heterocycles. The summed E-state index contributed by atoms with van der Waals surface area (Å²) in [5, 5.41) is 8.66. The van der Waals surface area contributed by atoms with Gasteiger partial charge in [0.2, 0.25) is 5.95 Å². The van der Waals surface area contributed by atoms with Crippen molar-refractivity contribution in [3.05, 3.63) is 84.3 Å². The van der Waals surface area contributed by atoms with Gasteiger partial charge >= 0.3 is 0 Å². The van der Waals surface area contributed by atoms with Crippen LogP contribution in [-0.4, -0.2) is 29.4 Å². The molecule has 1 saturated carbocycles. The number of pyridine rings is 2. The smallest absolute Gasteiger partial charge is 0.240 e. The SMILES string of the molecule is Nc1nc2cc(-c3nc(-c4cnn(C(c5ccc(F)cc5)C5CCC5)c4)ccc3F)ccn2n1. The van der Waals surface area contributed by atoms with Crippen LogP contribution in [0.1, 0.15) is 30.9 Å². The number of anilines is 1. The van der Waals surface area contributed by atoms with Crippen molar-refractivity contribution in [3.8, 4) is 22.5 Å². The van der Waals surface area contributed by atoms with Crippen molar-refractivity contribution in [3.63, 3.8) is 0 Å². The number of nitrogens with zero attached hydrogens (tertiary/aromatic N) is 6. The average molecular weight is 457 g/mol. The number of benzene rings is 1. The summed E-state index contributed by atoms with van der Waals surface area (Å²) in [6, 6.07) is 13.1. The first-order valence-electron chi connectivity index (χ1n) is 11.1. The molecule has 1 atom stereocenters. The highest BCUT2D eigenvalue weighted by Gasteiger charge is 2.30. The third-order valence-corrected chi connectivity index (χ3v) is 6.46. The Morgan fingerprint density at radius 2 is 1.79 bits per heavy atom. The van der Waals surface area contributed by atoms with Gasteiger partial charge in [0.25, 0.3) is 0 Å². The molecule has 0 aliphatic heterocycles. The summed E-state index contributed by atoms with van der Waals surface area (Å²) in [5.41, 5.74) is 9.36. The number of aromatic nitrogens is 6. The van der Waals surface area contributed by atoms with Crippen LogP contribution in [0.25, 0.3) is 28.2 Å². The summed E-state index contributed by atoms with van der Waals surface area (Å²) in [6.45, 7) is 0. The van der Waals surface area contributed by atoms with Crippen LogP contribution in [0.2, 0.25) is 0 Å². The van der Waals surface area contributed by atoms with Crippen molar-refractivity contribution >= 4 is 11.6 Å². The van der Waals surface area contributed by atoms with Crippen LogP contribution in [0.3, 0.4) is 0 Å². The monoisotopic (exact) mass is 457 g/mol. The van der Waals surface area contributed by atoms with Gasteiger partial charge in [-0.1, -0.05) is 18.6 Å². The lowest BCUT2D eigenvalue weighted by atomic mass is 9.77. The van der Waals surface area contributed by atoms with Gasteiger partial charge in [-0.05, 0) is 60.7 Å². The van der Waals surface area contributed by atoms with E-state index >= 15 is 0 Å². The summed E-state index contributed by atoms with van der Waals surface area (Å²) in [7, 11) is 0. The second-order valence-electron chi connectivity index (χ2n) is 8.61. The quantitative estimate of drug-likeness (QED) is 0.405. The molecule has 34 heavy (non-hydrogen) atoms. The Morgan fingerprint density at radius 1 is 0.971 bits per heavy atom. The van der Waals surface area contributed by atoms with E-state index in [1.807, 2.05) is 23.0 Å². The largest absolute Gasteiger partial charge is 0.366 e. The Bertz CT molecular complexity index is 1490.